The molecule has 0 bridgehead atoms. The second kappa shape index (κ2) is 8.22. The van der Waals surface area contributed by atoms with Crippen LogP contribution in [0.3, 0.4) is 0 Å². The van der Waals surface area contributed by atoms with Gasteiger partial charge in [0.1, 0.15) is 11.5 Å². The number of carbonyl (C=O) groups is 1. The average Bonchev–Trinajstić information content (AvgIpc) is 2.55. The first-order valence-electron chi connectivity index (χ1n) is 8.96. The Hall–Kier alpha value is -2.55. The Morgan fingerprint density at radius 1 is 1.23 bits per heavy atom. The molecule has 26 heavy (non-hydrogen) atoms. The van der Waals surface area contributed by atoms with Gasteiger partial charge >= 0.3 is 0 Å². The van der Waals surface area contributed by atoms with E-state index >= 15 is 0 Å². The van der Waals surface area contributed by atoms with Crippen LogP contribution in [0.5, 0.6) is 5.75 Å². The number of hydrogen-bond acceptors (Lipinski definition) is 3. The summed E-state index contributed by atoms with van der Waals surface area (Å²) in [5.74, 6) is 0.146. The fourth-order valence-electron chi connectivity index (χ4n) is 3.38. The predicted molar refractivity (Wildman–Crippen MR) is 107 cm³/mol. The summed E-state index contributed by atoms with van der Waals surface area (Å²) in [7, 11) is 0. The quantitative estimate of drug-likeness (QED) is 0.311. The van der Waals surface area contributed by atoms with E-state index in [2.05, 4.69) is 26.8 Å². The number of carbonyl (C=O) groups excluding carboxylic acids is 1. The Kier molecular flexibility index (Phi) is 6.25. The molecule has 0 aromatic heterocycles. The number of aromatic hydroxyl groups is 1. The van der Waals surface area contributed by atoms with Crippen molar-refractivity contribution in [2.75, 3.05) is 0 Å². The number of ketones is 1. The summed E-state index contributed by atoms with van der Waals surface area (Å²) in [5.41, 5.74) is 3.03. The third kappa shape index (κ3) is 5.22. The van der Waals surface area contributed by atoms with Gasteiger partial charge in [-0.1, -0.05) is 43.7 Å². The van der Waals surface area contributed by atoms with Gasteiger partial charge in [0.15, 0.2) is 5.78 Å². The highest BCUT2D eigenvalue weighted by atomic mass is 16.3. The normalized spacial score (nSPS) is 20.5. The molecule has 0 spiro atoms. The summed E-state index contributed by atoms with van der Waals surface area (Å²) in [4.78, 5) is 12.1. The van der Waals surface area contributed by atoms with E-state index in [1.807, 2.05) is 6.08 Å². The molecule has 0 saturated carbocycles. The summed E-state index contributed by atoms with van der Waals surface area (Å²) in [6.07, 6.45) is 12.3. The maximum atomic E-state index is 12.1. The molecule has 0 fully saturated rings. The predicted octanol–water partition coefficient (Wildman–Crippen LogP) is 5.66. The molecule has 1 aromatic rings. The largest absolute Gasteiger partial charge is 0.508 e. The number of aliphatic hydroxyl groups excluding tert-OH is 1. The van der Waals surface area contributed by atoms with Crippen molar-refractivity contribution >= 4 is 11.9 Å². The summed E-state index contributed by atoms with van der Waals surface area (Å²) >= 11 is 0. The third-order valence-electron chi connectivity index (χ3n) is 5.00. The monoisotopic (exact) mass is 352 g/mol. The summed E-state index contributed by atoms with van der Waals surface area (Å²) < 4.78 is 0. The van der Waals surface area contributed by atoms with Crippen LogP contribution >= 0.6 is 0 Å². The van der Waals surface area contributed by atoms with Gasteiger partial charge in [-0.25, -0.2) is 0 Å². The van der Waals surface area contributed by atoms with Crippen molar-refractivity contribution < 1.29 is 15.0 Å². The second-order valence-electron chi connectivity index (χ2n) is 7.66. The van der Waals surface area contributed by atoms with Gasteiger partial charge in [0, 0.05) is 12.0 Å². The molecule has 1 atom stereocenters. The highest BCUT2D eigenvalue weighted by molar-refractivity contribution is 5.99. The van der Waals surface area contributed by atoms with Crippen molar-refractivity contribution in [2.24, 2.45) is 11.3 Å². The van der Waals surface area contributed by atoms with Crippen LogP contribution in [0.1, 0.15) is 44.7 Å². The Morgan fingerprint density at radius 2 is 1.96 bits per heavy atom. The van der Waals surface area contributed by atoms with Gasteiger partial charge in [-0.05, 0) is 67.5 Å². The van der Waals surface area contributed by atoms with Crippen LogP contribution in [0.2, 0.25) is 0 Å². The standard InChI is InChI=1S/C23H28O3/c1-16-6-5-13-23(3,4)21(16)11-10-20(25)15-19(24)9-7-18-8-12-22(26)17(2)14-18/h6-12,14-15,21,24,26H,5,13H2,1-4H3/b9-7+,11-10+,19-15-. The lowest BCUT2D eigenvalue weighted by atomic mass is 9.68. The minimum absolute atomic E-state index is 0.0967. The maximum Gasteiger partial charge on any atom is 0.182 e. The van der Waals surface area contributed by atoms with Crippen molar-refractivity contribution in [3.05, 3.63) is 71.0 Å². The van der Waals surface area contributed by atoms with Gasteiger partial charge in [-0.3, -0.25) is 4.79 Å². The lowest BCUT2D eigenvalue weighted by molar-refractivity contribution is -0.110. The Labute approximate surface area is 156 Å². The van der Waals surface area contributed by atoms with E-state index in [1.165, 1.54) is 17.7 Å². The summed E-state index contributed by atoms with van der Waals surface area (Å²) in [5, 5.41) is 19.5. The smallest absolute Gasteiger partial charge is 0.182 e. The fourth-order valence-corrected chi connectivity index (χ4v) is 3.38. The number of allylic oxidation sites excluding steroid dienone is 6. The molecule has 2 rings (SSSR count). The van der Waals surface area contributed by atoms with Crippen LogP contribution in [0.4, 0.5) is 0 Å². The first kappa shape index (κ1) is 19.8. The number of benzene rings is 1. The number of hydrogen-bond donors (Lipinski definition) is 2. The van der Waals surface area contributed by atoms with Crippen LogP contribution in [0, 0.1) is 18.3 Å². The van der Waals surface area contributed by atoms with Gasteiger partial charge in [-0.15, -0.1) is 0 Å². The van der Waals surface area contributed by atoms with Gasteiger partial charge in [0.05, 0.1) is 0 Å². The van der Waals surface area contributed by atoms with Crippen molar-refractivity contribution in [1.82, 2.24) is 0 Å². The number of rotatable bonds is 5. The van der Waals surface area contributed by atoms with Crippen molar-refractivity contribution in [2.45, 2.75) is 40.5 Å². The SMILES string of the molecule is CC1=CCCC(C)(C)C1/C=C/C(=O)/C=C(O)/C=C/c1ccc(O)c(C)c1. The van der Waals surface area contributed by atoms with E-state index in [9.17, 15) is 15.0 Å². The Morgan fingerprint density at radius 3 is 2.62 bits per heavy atom. The molecule has 0 aliphatic heterocycles. The van der Waals surface area contributed by atoms with E-state index in [0.717, 1.165) is 24.0 Å². The number of aryl methyl sites for hydroxylation is 1. The van der Waals surface area contributed by atoms with Crippen LogP contribution in [-0.2, 0) is 4.79 Å². The maximum absolute atomic E-state index is 12.1. The van der Waals surface area contributed by atoms with E-state index in [1.54, 1.807) is 37.3 Å². The van der Waals surface area contributed by atoms with E-state index in [0.29, 0.717) is 0 Å². The lowest BCUT2D eigenvalue weighted by Crippen LogP contribution is -2.26. The van der Waals surface area contributed by atoms with E-state index < -0.39 is 0 Å². The van der Waals surface area contributed by atoms with Crippen molar-refractivity contribution in [3.63, 3.8) is 0 Å². The molecule has 2 N–H and O–H groups in total. The minimum Gasteiger partial charge on any atom is -0.508 e. The molecule has 0 saturated heterocycles. The molecule has 3 heteroatoms. The highest BCUT2D eigenvalue weighted by Crippen LogP contribution is 2.41. The van der Waals surface area contributed by atoms with Crippen LogP contribution < -0.4 is 0 Å². The molecule has 1 aromatic carbocycles. The zero-order chi connectivity index (χ0) is 19.3. The van der Waals surface area contributed by atoms with E-state index in [4.69, 9.17) is 0 Å². The topological polar surface area (TPSA) is 57.5 Å². The minimum atomic E-state index is -0.233. The van der Waals surface area contributed by atoms with Crippen LogP contribution in [0.25, 0.3) is 6.08 Å². The van der Waals surface area contributed by atoms with Crippen molar-refractivity contribution in [1.29, 1.82) is 0 Å². The first-order valence-corrected chi connectivity index (χ1v) is 8.96. The molecular weight excluding hydrogens is 324 g/mol. The molecule has 1 aliphatic carbocycles. The molecule has 0 amide bonds. The molecule has 1 aliphatic rings. The Bertz CT molecular complexity index is 792. The molecule has 0 radical (unpaired) electrons. The number of aliphatic hydroxyl groups is 1. The summed E-state index contributed by atoms with van der Waals surface area (Å²) in [6, 6.07) is 5.15. The fraction of sp³-hybridized carbons (Fsp3) is 0.348. The van der Waals surface area contributed by atoms with E-state index in [-0.39, 0.29) is 28.6 Å². The average molecular weight is 352 g/mol. The van der Waals surface area contributed by atoms with Gasteiger partial charge in [0.2, 0.25) is 0 Å². The number of phenolic OH excluding ortho intramolecular Hbond substituents is 1. The zero-order valence-corrected chi connectivity index (χ0v) is 16.0. The molecular formula is C23H28O3. The highest BCUT2D eigenvalue weighted by Gasteiger charge is 2.30. The first-order chi connectivity index (χ1) is 12.2. The van der Waals surface area contributed by atoms with Gasteiger partial charge < -0.3 is 10.2 Å². The molecule has 0 heterocycles. The second-order valence-corrected chi connectivity index (χ2v) is 7.66. The lowest BCUT2D eigenvalue weighted by Gasteiger charge is -2.36. The van der Waals surface area contributed by atoms with Crippen LogP contribution in [-0.4, -0.2) is 16.0 Å². The molecule has 3 nitrogen and oxygen atoms in total. The van der Waals surface area contributed by atoms with Gasteiger partial charge in [-0.2, -0.15) is 0 Å². The number of phenols is 1. The van der Waals surface area contributed by atoms with Crippen LogP contribution in [0.15, 0.2) is 59.9 Å². The Balaban J connectivity index is 2.05. The molecule has 138 valence electrons. The third-order valence-corrected chi connectivity index (χ3v) is 5.00. The molecule has 1 unspecified atom stereocenters. The summed E-state index contributed by atoms with van der Waals surface area (Å²) in [6.45, 7) is 8.35. The zero-order valence-electron chi connectivity index (χ0n) is 16.0. The van der Waals surface area contributed by atoms with Gasteiger partial charge in [0.25, 0.3) is 0 Å². The van der Waals surface area contributed by atoms with Crippen molar-refractivity contribution in [3.8, 4) is 5.75 Å².